The van der Waals surface area contributed by atoms with E-state index in [2.05, 4.69) is 26.0 Å². The number of halogens is 1. The van der Waals surface area contributed by atoms with Crippen LogP contribution in [0.3, 0.4) is 0 Å². The molecule has 0 heterocycles. The van der Waals surface area contributed by atoms with E-state index in [0.717, 1.165) is 11.3 Å². The second-order valence-electron chi connectivity index (χ2n) is 5.14. The average Bonchev–Trinajstić information content (AvgIpc) is 2.42. The number of rotatable bonds is 5. The van der Waals surface area contributed by atoms with Crippen LogP contribution in [0.15, 0.2) is 42.5 Å². The van der Waals surface area contributed by atoms with Crippen LogP contribution in [-0.4, -0.2) is 17.6 Å². The number of carboxylic acids is 1. The highest BCUT2D eigenvalue weighted by molar-refractivity contribution is 6.30. The van der Waals surface area contributed by atoms with Crippen LogP contribution in [0.25, 0.3) is 0 Å². The molecule has 110 valence electrons. The van der Waals surface area contributed by atoms with Crippen molar-refractivity contribution >= 4 is 23.3 Å². The molecule has 0 spiro atoms. The highest BCUT2D eigenvalue weighted by atomic mass is 35.5. The van der Waals surface area contributed by atoms with Crippen molar-refractivity contribution in [2.45, 2.75) is 20.4 Å². The van der Waals surface area contributed by atoms with Crippen molar-refractivity contribution < 1.29 is 9.90 Å². The van der Waals surface area contributed by atoms with Gasteiger partial charge in [0.15, 0.2) is 0 Å². The summed E-state index contributed by atoms with van der Waals surface area (Å²) in [7, 11) is 0. The van der Waals surface area contributed by atoms with E-state index in [4.69, 9.17) is 16.7 Å². The molecule has 4 heteroatoms. The molecule has 0 aliphatic rings. The second kappa shape index (κ2) is 6.64. The van der Waals surface area contributed by atoms with Crippen molar-refractivity contribution in [1.82, 2.24) is 0 Å². The Morgan fingerprint density at radius 2 is 1.76 bits per heavy atom. The lowest BCUT2D eigenvalue weighted by Crippen LogP contribution is -2.29. The molecule has 0 atom stereocenters. The Balaban J connectivity index is 2.25. The zero-order valence-corrected chi connectivity index (χ0v) is 12.9. The number of carbonyl (C=O) groups is 1. The van der Waals surface area contributed by atoms with Crippen molar-refractivity contribution in [2.24, 2.45) is 0 Å². The lowest BCUT2D eigenvalue weighted by Gasteiger charge is -2.23. The first-order chi connectivity index (χ1) is 9.95. The summed E-state index contributed by atoms with van der Waals surface area (Å²) in [6.45, 7) is 4.62. The highest BCUT2D eigenvalue weighted by Crippen LogP contribution is 2.21. The van der Waals surface area contributed by atoms with Crippen LogP contribution >= 0.6 is 11.6 Å². The maximum atomic E-state index is 11.1. The van der Waals surface area contributed by atoms with E-state index in [1.165, 1.54) is 11.1 Å². The molecular weight excluding hydrogens is 286 g/mol. The van der Waals surface area contributed by atoms with Gasteiger partial charge in [-0.3, -0.25) is 4.79 Å². The van der Waals surface area contributed by atoms with Crippen molar-refractivity contribution in [3.8, 4) is 0 Å². The van der Waals surface area contributed by atoms with Gasteiger partial charge in [-0.2, -0.15) is 0 Å². The zero-order chi connectivity index (χ0) is 15.4. The zero-order valence-electron chi connectivity index (χ0n) is 12.1. The van der Waals surface area contributed by atoms with E-state index in [0.29, 0.717) is 11.6 Å². The molecule has 3 nitrogen and oxygen atoms in total. The molecule has 0 fully saturated rings. The predicted molar refractivity (Wildman–Crippen MR) is 86.1 cm³/mol. The largest absolute Gasteiger partial charge is 0.480 e. The second-order valence-corrected chi connectivity index (χ2v) is 5.58. The van der Waals surface area contributed by atoms with Crippen LogP contribution in [0.5, 0.6) is 0 Å². The van der Waals surface area contributed by atoms with Gasteiger partial charge < -0.3 is 10.0 Å². The quantitative estimate of drug-likeness (QED) is 0.906. The third-order valence-electron chi connectivity index (χ3n) is 3.46. The molecule has 0 saturated carbocycles. The number of anilines is 1. The standard InChI is InChI=1S/C17H18ClNO2/c1-12-3-4-14(9-13(12)2)10-19(11-17(20)21)16-7-5-15(18)6-8-16/h3-9H,10-11H2,1-2H3,(H,20,21). The van der Waals surface area contributed by atoms with E-state index in [1.54, 1.807) is 12.1 Å². The summed E-state index contributed by atoms with van der Waals surface area (Å²) in [6, 6.07) is 13.4. The maximum Gasteiger partial charge on any atom is 0.323 e. The van der Waals surface area contributed by atoms with E-state index >= 15 is 0 Å². The molecule has 2 aromatic rings. The fourth-order valence-electron chi connectivity index (χ4n) is 2.18. The molecule has 2 aromatic carbocycles. The first-order valence-corrected chi connectivity index (χ1v) is 7.12. The topological polar surface area (TPSA) is 40.5 Å². The minimum Gasteiger partial charge on any atom is -0.480 e. The van der Waals surface area contributed by atoms with Crippen molar-refractivity contribution in [3.05, 3.63) is 64.2 Å². The monoisotopic (exact) mass is 303 g/mol. The molecular formula is C17H18ClNO2. The molecule has 0 aromatic heterocycles. The van der Waals surface area contributed by atoms with Crippen LogP contribution in [-0.2, 0) is 11.3 Å². The summed E-state index contributed by atoms with van der Waals surface area (Å²) in [5.74, 6) is -0.853. The lowest BCUT2D eigenvalue weighted by atomic mass is 10.1. The Labute approximate surface area is 129 Å². The average molecular weight is 304 g/mol. The number of aryl methyl sites for hydroxylation is 2. The van der Waals surface area contributed by atoms with Gasteiger partial charge in [0.1, 0.15) is 6.54 Å². The van der Waals surface area contributed by atoms with Gasteiger partial charge in [-0.05, 0) is 54.8 Å². The number of aliphatic carboxylic acids is 1. The number of carboxylic acid groups (broad SMARTS) is 1. The normalized spacial score (nSPS) is 10.4. The molecule has 0 radical (unpaired) electrons. The molecule has 0 bridgehead atoms. The summed E-state index contributed by atoms with van der Waals surface area (Å²) >= 11 is 5.89. The van der Waals surface area contributed by atoms with Gasteiger partial charge in [-0.1, -0.05) is 29.8 Å². The van der Waals surface area contributed by atoms with E-state index < -0.39 is 5.97 Å². The maximum absolute atomic E-state index is 11.1. The summed E-state index contributed by atoms with van der Waals surface area (Å²) in [4.78, 5) is 12.9. The molecule has 0 unspecified atom stereocenters. The van der Waals surface area contributed by atoms with E-state index in [-0.39, 0.29) is 6.54 Å². The Bertz CT molecular complexity index is 638. The molecule has 0 amide bonds. The lowest BCUT2D eigenvalue weighted by molar-refractivity contribution is -0.135. The van der Waals surface area contributed by atoms with Crippen molar-refractivity contribution in [2.75, 3.05) is 11.4 Å². The van der Waals surface area contributed by atoms with Crippen LogP contribution in [0.2, 0.25) is 5.02 Å². The smallest absolute Gasteiger partial charge is 0.323 e. The molecule has 1 N–H and O–H groups in total. The third kappa shape index (κ3) is 4.23. The van der Waals surface area contributed by atoms with Crippen LogP contribution < -0.4 is 4.90 Å². The van der Waals surface area contributed by atoms with Gasteiger partial charge in [-0.25, -0.2) is 0 Å². The highest BCUT2D eigenvalue weighted by Gasteiger charge is 2.12. The molecule has 0 aliphatic heterocycles. The van der Waals surface area contributed by atoms with Gasteiger partial charge in [0.2, 0.25) is 0 Å². The summed E-state index contributed by atoms with van der Waals surface area (Å²) in [5.41, 5.74) is 4.38. The Kier molecular flexibility index (Phi) is 4.86. The number of hydrogen-bond donors (Lipinski definition) is 1. The molecule has 21 heavy (non-hydrogen) atoms. The fraction of sp³-hybridized carbons (Fsp3) is 0.235. The Morgan fingerprint density at radius 1 is 1.10 bits per heavy atom. The fourth-order valence-corrected chi connectivity index (χ4v) is 2.30. The van der Waals surface area contributed by atoms with Gasteiger partial charge in [0.05, 0.1) is 0 Å². The van der Waals surface area contributed by atoms with Gasteiger partial charge in [0.25, 0.3) is 0 Å². The summed E-state index contributed by atoms with van der Waals surface area (Å²) in [6.07, 6.45) is 0. The molecule has 0 saturated heterocycles. The molecule has 2 rings (SSSR count). The van der Waals surface area contributed by atoms with Crippen molar-refractivity contribution in [1.29, 1.82) is 0 Å². The van der Waals surface area contributed by atoms with Crippen LogP contribution in [0.4, 0.5) is 5.69 Å². The van der Waals surface area contributed by atoms with Gasteiger partial charge >= 0.3 is 5.97 Å². The molecule has 0 aliphatic carbocycles. The first kappa shape index (κ1) is 15.4. The summed E-state index contributed by atoms with van der Waals surface area (Å²) in [5, 5.41) is 9.75. The van der Waals surface area contributed by atoms with Crippen LogP contribution in [0.1, 0.15) is 16.7 Å². The Hall–Kier alpha value is -2.00. The minimum atomic E-state index is -0.853. The number of nitrogens with zero attached hydrogens (tertiary/aromatic N) is 1. The van der Waals surface area contributed by atoms with E-state index in [9.17, 15) is 4.79 Å². The van der Waals surface area contributed by atoms with Crippen LogP contribution in [0, 0.1) is 13.8 Å². The number of benzene rings is 2. The predicted octanol–water partition coefficient (Wildman–Crippen LogP) is 4.05. The van der Waals surface area contributed by atoms with Gasteiger partial charge in [0, 0.05) is 17.3 Å². The number of hydrogen-bond acceptors (Lipinski definition) is 2. The van der Waals surface area contributed by atoms with Crippen molar-refractivity contribution in [3.63, 3.8) is 0 Å². The third-order valence-corrected chi connectivity index (χ3v) is 3.71. The van der Waals surface area contributed by atoms with Gasteiger partial charge in [-0.15, -0.1) is 0 Å². The minimum absolute atomic E-state index is 0.0471. The Morgan fingerprint density at radius 3 is 2.33 bits per heavy atom. The first-order valence-electron chi connectivity index (χ1n) is 6.74. The SMILES string of the molecule is Cc1ccc(CN(CC(=O)O)c2ccc(Cl)cc2)cc1C. The van der Waals surface area contributed by atoms with E-state index in [1.807, 2.05) is 23.1 Å². The summed E-state index contributed by atoms with van der Waals surface area (Å²) < 4.78 is 0.